The van der Waals surface area contributed by atoms with Gasteiger partial charge in [0.05, 0.1) is 15.8 Å². The highest BCUT2D eigenvalue weighted by molar-refractivity contribution is 7.18. The first-order valence-electron chi connectivity index (χ1n) is 5.41. The maximum absolute atomic E-state index is 5.76. The molecule has 0 atom stereocenters. The van der Waals surface area contributed by atoms with Crippen molar-refractivity contribution in [2.24, 2.45) is 5.73 Å². The van der Waals surface area contributed by atoms with Crippen molar-refractivity contribution in [3.05, 3.63) is 17.3 Å². The van der Waals surface area contributed by atoms with Crippen molar-refractivity contribution in [2.75, 3.05) is 11.9 Å². The van der Waals surface area contributed by atoms with Crippen molar-refractivity contribution < 1.29 is 0 Å². The van der Waals surface area contributed by atoms with Gasteiger partial charge in [-0.1, -0.05) is 0 Å². The van der Waals surface area contributed by atoms with Gasteiger partial charge in [0.2, 0.25) is 0 Å². The molecule has 0 saturated heterocycles. The monoisotopic (exact) mass is 234 g/mol. The molecule has 84 valence electrons. The molecule has 1 fully saturated rings. The van der Waals surface area contributed by atoms with Crippen LogP contribution in [0, 0.1) is 6.92 Å². The molecule has 1 saturated carbocycles. The minimum absolute atomic E-state index is 0.0964. The third-order valence-corrected chi connectivity index (χ3v) is 4.25. The molecule has 5 heteroatoms. The fourth-order valence-electron chi connectivity index (χ4n) is 1.84. The second-order valence-electron chi connectivity index (χ2n) is 4.43. The highest BCUT2D eigenvalue weighted by atomic mass is 32.1. The lowest BCUT2D eigenvalue weighted by Crippen LogP contribution is -2.31. The van der Waals surface area contributed by atoms with Gasteiger partial charge < -0.3 is 11.1 Å². The average molecular weight is 234 g/mol. The molecule has 1 aliphatic rings. The molecule has 16 heavy (non-hydrogen) atoms. The van der Waals surface area contributed by atoms with E-state index in [9.17, 15) is 0 Å². The van der Waals surface area contributed by atoms with E-state index in [2.05, 4.69) is 27.6 Å². The van der Waals surface area contributed by atoms with Gasteiger partial charge in [-0.05, 0) is 30.7 Å². The standard InChI is InChI=1S/C11H14N4S/c1-7-4-16-9-8(7)13-6-14-10(9)15-11(5-12)2-3-11/h4,6H,2-3,5,12H2,1H3,(H,13,14,15). The molecule has 2 heterocycles. The Morgan fingerprint density at radius 3 is 3.00 bits per heavy atom. The van der Waals surface area contributed by atoms with Crippen molar-refractivity contribution in [3.63, 3.8) is 0 Å². The predicted octanol–water partition coefficient (Wildman–Crippen LogP) is 1.90. The van der Waals surface area contributed by atoms with Crippen LogP contribution in [-0.2, 0) is 0 Å². The van der Waals surface area contributed by atoms with Crippen LogP contribution in [0.3, 0.4) is 0 Å². The highest BCUT2D eigenvalue weighted by Crippen LogP contribution is 2.39. The molecule has 0 unspecified atom stereocenters. The highest BCUT2D eigenvalue weighted by Gasteiger charge is 2.41. The number of nitrogens with two attached hydrogens (primary N) is 1. The molecule has 3 N–H and O–H groups in total. The summed E-state index contributed by atoms with van der Waals surface area (Å²) in [6, 6.07) is 0. The predicted molar refractivity (Wildman–Crippen MR) is 66.8 cm³/mol. The number of nitrogens with zero attached hydrogens (tertiary/aromatic N) is 2. The fraction of sp³-hybridized carbons (Fsp3) is 0.455. The molecule has 0 spiro atoms. The Labute approximate surface area is 97.9 Å². The largest absolute Gasteiger partial charge is 0.362 e. The van der Waals surface area contributed by atoms with Crippen LogP contribution in [0.15, 0.2) is 11.7 Å². The third-order valence-electron chi connectivity index (χ3n) is 3.16. The van der Waals surface area contributed by atoms with Gasteiger partial charge in [-0.25, -0.2) is 9.97 Å². The molecule has 3 rings (SSSR count). The van der Waals surface area contributed by atoms with E-state index in [1.165, 1.54) is 5.56 Å². The van der Waals surface area contributed by atoms with Gasteiger partial charge in [0.25, 0.3) is 0 Å². The van der Waals surface area contributed by atoms with Crippen LogP contribution >= 0.6 is 11.3 Å². The minimum atomic E-state index is 0.0964. The molecule has 0 aliphatic heterocycles. The molecule has 1 aliphatic carbocycles. The second-order valence-corrected chi connectivity index (χ2v) is 5.31. The van der Waals surface area contributed by atoms with Crippen LogP contribution in [0.1, 0.15) is 18.4 Å². The summed E-state index contributed by atoms with van der Waals surface area (Å²) >= 11 is 1.69. The molecule has 0 aromatic carbocycles. The number of aryl methyl sites for hydroxylation is 1. The Bertz CT molecular complexity index is 530. The summed E-state index contributed by atoms with van der Waals surface area (Å²) in [6.07, 6.45) is 3.90. The molecule has 4 nitrogen and oxygen atoms in total. The summed E-state index contributed by atoms with van der Waals surface area (Å²) < 4.78 is 1.14. The fourth-order valence-corrected chi connectivity index (χ4v) is 2.79. The third kappa shape index (κ3) is 1.47. The number of hydrogen-bond acceptors (Lipinski definition) is 5. The summed E-state index contributed by atoms with van der Waals surface area (Å²) in [5.41, 5.74) is 8.12. The number of fused-ring (bicyclic) bond motifs is 1. The van der Waals surface area contributed by atoms with E-state index in [1.54, 1.807) is 17.7 Å². The van der Waals surface area contributed by atoms with E-state index in [4.69, 9.17) is 5.73 Å². The Kier molecular flexibility index (Phi) is 2.12. The first-order valence-corrected chi connectivity index (χ1v) is 6.29. The van der Waals surface area contributed by atoms with Crippen molar-refractivity contribution in [3.8, 4) is 0 Å². The van der Waals surface area contributed by atoms with E-state index in [-0.39, 0.29) is 5.54 Å². The van der Waals surface area contributed by atoms with Crippen LogP contribution in [-0.4, -0.2) is 22.1 Å². The van der Waals surface area contributed by atoms with Crippen molar-refractivity contribution >= 4 is 27.4 Å². The van der Waals surface area contributed by atoms with E-state index in [0.29, 0.717) is 6.54 Å². The molecular formula is C11H14N4S. The molecule has 2 aromatic rings. The van der Waals surface area contributed by atoms with Gasteiger partial charge in [-0.3, -0.25) is 0 Å². The molecular weight excluding hydrogens is 220 g/mol. The minimum Gasteiger partial charge on any atom is -0.362 e. The number of hydrogen-bond donors (Lipinski definition) is 2. The number of thiophene rings is 1. The quantitative estimate of drug-likeness (QED) is 0.851. The van der Waals surface area contributed by atoms with Crippen molar-refractivity contribution in [1.82, 2.24) is 9.97 Å². The molecule has 2 aromatic heterocycles. The van der Waals surface area contributed by atoms with Crippen molar-refractivity contribution in [1.29, 1.82) is 0 Å². The smallest absolute Gasteiger partial charge is 0.147 e. The van der Waals surface area contributed by atoms with Gasteiger partial charge in [-0.2, -0.15) is 0 Å². The molecule has 0 bridgehead atoms. The summed E-state index contributed by atoms with van der Waals surface area (Å²) in [4.78, 5) is 8.63. The topological polar surface area (TPSA) is 63.8 Å². The molecule has 0 radical (unpaired) electrons. The van der Waals surface area contributed by atoms with Gasteiger partial charge in [0.1, 0.15) is 12.1 Å². The Balaban J connectivity index is 2.03. The number of nitrogens with one attached hydrogen (secondary N) is 1. The normalized spacial score (nSPS) is 17.6. The lowest BCUT2D eigenvalue weighted by molar-refractivity contribution is 0.738. The van der Waals surface area contributed by atoms with E-state index in [1.807, 2.05) is 0 Å². The zero-order valence-electron chi connectivity index (χ0n) is 9.16. The van der Waals surface area contributed by atoms with Gasteiger partial charge >= 0.3 is 0 Å². The SMILES string of the molecule is Cc1csc2c(NC3(CN)CC3)ncnc12. The Hall–Kier alpha value is -1.20. The lowest BCUT2D eigenvalue weighted by Gasteiger charge is -2.15. The zero-order valence-corrected chi connectivity index (χ0v) is 9.97. The molecule has 0 amide bonds. The van der Waals surface area contributed by atoms with Crippen molar-refractivity contribution in [2.45, 2.75) is 25.3 Å². The first-order chi connectivity index (χ1) is 7.74. The summed E-state index contributed by atoms with van der Waals surface area (Å²) in [5, 5.41) is 5.59. The zero-order chi connectivity index (χ0) is 11.2. The van der Waals surface area contributed by atoms with E-state index in [0.717, 1.165) is 28.9 Å². The first kappa shape index (κ1) is 9.99. The Morgan fingerprint density at radius 2 is 2.31 bits per heavy atom. The summed E-state index contributed by atoms with van der Waals surface area (Å²) in [7, 11) is 0. The van der Waals surface area contributed by atoms with E-state index >= 15 is 0 Å². The van der Waals surface area contributed by atoms with Gasteiger partial charge in [-0.15, -0.1) is 11.3 Å². The second kappa shape index (κ2) is 3.40. The van der Waals surface area contributed by atoms with Crippen LogP contribution < -0.4 is 11.1 Å². The van der Waals surface area contributed by atoms with Crippen LogP contribution in [0.25, 0.3) is 10.2 Å². The lowest BCUT2D eigenvalue weighted by atomic mass is 10.2. The van der Waals surface area contributed by atoms with E-state index < -0.39 is 0 Å². The summed E-state index contributed by atoms with van der Waals surface area (Å²) in [6.45, 7) is 2.74. The number of rotatable bonds is 3. The number of anilines is 1. The maximum atomic E-state index is 5.76. The van der Waals surface area contributed by atoms with Gasteiger partial charge in [0.15, 0.2) is 0 Å². The Morgan fingerprint density at radius 1 is 1.50 bits per heavy atom. The average Bonchev–Trinajstić information content (AvgIpc) is 2.98. The van der Waals surface area contributed by atoms with Gasteiger partial charge in [0, 0.05) is 6.54 Å². The van der Waals surface area contributed by atoms with Crippen LogP contribution in [0.2, 0.25) is 0 Å². The number of aromatic nitrogens is 2. The maximum Gasteiger partial charge on any atom is 0.147 e. The van der Waals surface area contributed by atoms with Crippen LogP contribution in [0.4, 0.5) is 5.82 Å². The summed E-state index contributed by atoms with van der Waals surface area (Å²) in [5.74, 6) is 0.936. The van der Waals surface area contributed by atoms with Crippen LogP contribution in [0.5, 0.6) is 0 Å².